The summed E-state index contributed by atoms with van der Waals surface area (Å²) in [6.45, 7) is 0. The Labute approximate surface area is 106 Å². The van der Waals surface area contributed by atoms with Crippen molar-refractivity contribution in [1.82, 2.24) is 0 Å². The van der Waals surface area contributed by atoms with E-state index in [4.69, 9.17) is 9.84 Å². The van der Waals surface area contributed by atoms with Gasteiger partial charge in [0.15, 0.2) is 0 Å². The number of fused-ring (bicyclic) bond motifs is 5. The number of aliphatic carboxylic acids is 1. The molecule has 2 fully saturated rings. The van der Waals surface area contributed by atoms with E-state index in [0.29, 0.717) is 23.7 Å². The van der Waals surface area contributed by atoms with E-state index in [0.717, 1.165) is 19.3 Å². The highest BCUT2D eigenvalue weighted by Gasteiger charge is 2.56. The van der Waals surface area contributed by atoms with E-state index in [9.17, 15) is 9.59 Å². The fraction of sp³-hybridized carbons (Fsp3) is 0.714. The second-order valence-electron chi connectivity index (χ2n) is 5.66. The third-order valence-electron chi connectivity index (χ3n) is 4.79. The van der Waals surface area contributed by atoms with Gasteiger partial charge in [0.1, 0.15) is 6.10 Å². The lowest BCUT2D eigenvalue weighted by Gasteiger charge is -2.22. The summed E-state index contributed by atoms with van der Waals surface area (Å²) in [6, 6.07) is 0. The Bertz CT molecular complexity index is 401. The van der Waals surface area contributed by atoms with Crippen LogP contribution in [-0.2, 0) is 14.3 Å². The Kier molecular flexibility index (Phi) is 2.88. The summed E-state index contributed by atoms with van der Waals surface area (Å²) in [5.74, 6) is 0.961. The Balaban J connectivity index is 1.59. The molecule has 4 heteroatoms. The molecule has 4 nitrogen and oxygen atoms in total. The predicted octanol–water partition coefficient (Wildman–Crippen LogP) is 2.00. The minimum atomic E-state index is -0.943. The van der Waals surface area contributed by atoms with Gasteiger partial charge in [-0.15, -0.1) is 0 Å². The Hall–Kier alpha value is -1.32. The van der Waals surface area contributed by atoms with Gasteiger partial charge in [0.2, 0.25) is 0 Å². The molecule has 0 saturated heterocycles. The molecule has 0 spiro atoms. The fourth-order valence-corrected chi connectivity index (χ4v) is 4.11. The molecule has 1 N–H and O–H groups in total. The van der Waals surface area contributed by atoms with Crippen LogP contribution in [0.15, 0.2) is 12.2 Å². The zero-order valence-electron chi connectivity index (χ0n) is 10.2. The average Bonchev–Trinajstić information content (AvgIpc) is 2.98. The molecule has 0 aromatic carbocycles. The van der Waals surface area contributed by atoms with Gasteiger partial charge in [0, 0.05) is 5.92 Å². The summed E-state index contributed by atoms with van der Waals surface area (Å²) >= 11 is 0. The van der Waals surface area contributed by atoms with Gasteiger partial charge in [0.05, 0.1) is 12.8 Å². The first kappa shape index (κ1) is 11.8. The number of rotatable bonds is 4. The van der Waals surface area contributed by atoms with Crippen LogP contribution in [-0.4, -0.2) is 23.1 Å². The second-order valence-corrected chi connectivity index (χ2v) is 5.66. The fourth-order valence-electron chi connectivity index (χ4n) is 4.11. The highest BCUT2D eigenvalue weighted by atomic mass is 16.5. The van der Waals surface area contributed by atoms with Crippen molar-refractivity contribution >= 4 is 11.9 Å². The number of carbonyl (C=O) groups is 2. The molecule has 2 saturated carbocycles. The van der Waals surface area contributed by atoms with E-state index < -0.39 is 5.97 Å². The predicted molar refractivity (Wildman–Crippen MR) is 63.7 cm³/mol. The third-order valence-corrected chi connectivity index (χ3v) is 4.79. The summed E-state index contributed by atoms with van der Waals surface area (Å²) in [7, 11) is 0. The van der Waals surface area contributed by atoms with Crippen molar-refractivity contribution in [2.24, 2.45) is 23.7 Å². The minimum absolute atomic E-state index is 0.00353. The Morgan fingerprint density at radius 1 is 1.17 bits per heavy atom. The number of carbonyl (C=O) groups excluding carboxylic acids is 1. The van der Waals surface area contributed by atoms with Gasteiger partial charge < -0.3 is 9.84 Å². The van der Waals surface area contributed by atoms with Gasteiger partial charge in [-0.25, -0.2) is 0 Å². The topological polar surface area (TPSA) is 63.6 Å². The van der Waals surface area contributed by atoms with Gasteiger partial charge in [0.25, 0.3) is 0 Å². The van der Waals surface area contributed by atoms with E-state index in [1.54, 1.807) is 0 Å². The quantitative estimate of drug-likeness (QED) is 0.612. The van der Waals surface area contributed by atoms with Crippen LogP contribution in [0.1, 0.15) is 32.1 Å². The van der Waals surface area contributed by atoms with Gasteiger partial charge in [-0.1, -0.05) is 12.2 Å². The highest BCUT2D eigenvalue weighted by Crippen LogP contribution is 2.57. The Morgan fingerprint density at radius 2 is 1.94 bits per heavy atom. The van der Waals surface area contributed by atoms with Crippen molar-refractivity contribution in [3.05, 3.63) is 12.2 Å². The first-order valence-corrected chi connectivity index (χ1v) is 6.75. The molecule has 0 radical (unpaired) electrons. The summed E-state index contributed by atoms with van der Waals surface area (Å²) in [5, 5.41) is 8.55. The molecule has 0 amide bonds. The third kappa shape index (κ3) is 1.84. The highest BCUT2D eigenvalue weighted by molar-refractivity contribution is 5.76. The number of allylic oxidation sites excluding steroid dienone is 2. The monoisotopic (exact) mass is 250 g/mol. The van der Waals surface area contributed by atoms with Crippen molar-refractivity contribution in [2.45, 2.75) is 38.2 Å². The summed E-state index contributed by atoms with van der Waals surface area (Å²) < 4.78 is 5.55. The van der Waals surface area contributed by atoms with Crippen molar-refractivity contribution in [1.29, 1.82) is 0 Å². The molecular weight excluding hydrogens is 232 g/mol. The first-order chi connectivity index (χ1) is 8.66. The van der Waals surface area contributed by atoms with E-state index in [1.807, 2.05) is 0 Å². The number of hydrogen-bond acceptors (Lipinski definition) is 3. The maximum atomic E-state index is 11.6. The molecular formula is C14H18O4. The number of hydrogen-bond donors (Lipinski definition) is 1. The molecule has 2 bridgehead atoms. The molecule has 3 aliphatic rings. The van der Waals surface area contributed by atoms with E-state index in [2.05, 4.69) is 12.2 Å². The van der Waals surface area contributed by atoms with Gasteiger partial charge in [-0.05, 0) is 37.0 Å². The molecule has 0 aromatic rings. The number of carboxylic acid groups (broad SMARTS) is 1. The lowest BCUT2D eigenvalue weighted by atomic mass is 9.82. The first-order valence-electron chi connectivity index (χ1n) is 6.75. The van der Waals surface area contributed by atoms with E-state index in [1.165, 1.54) is 0 Å². The molecule has 0 heterocycles. The van der Waals surface area contributed by atoms with Crippen molar-refractivity contribution in [3.63, 3.8) is 0 Å². The summed E-state index contributed by atoms with van der Waals surface area (Å²) in [5.41, 5.74) is 0. The van der Waals surface area contributed by atoms with Crippen LogP contribution in [0.3, 0.4) is 0 Å². The van der Waals surface area contributed by atoms with Gasteiger partial charge in [-0.2, -0.15) is 0 Å². The number of esters is 1. The van der Waals surface area contributed by atoms with Crippen LogP contribution in [0.25, 0.3) is 0 Å². The zero-order chi connectivity index (χ0) is 12.7. The van der Waals surface area contributed by atoms with Crippen molar-refractivity contribution < 1.29 is 19.4 Å². The zero-order valence-corrected chi connectivity index (χ0v) is 10.2. The molecule has 98 valence electrons. The van der Waals surface area contributed by atoms with Crippen molar-refractivity contribution in [2.75, 3.05) is 0 Å². The SMILES string of the molecule is O=C(O)CCC(=O)OC1C2CCC1C1CC=CC12. The molecule has 5 atom stereocenters. The normalized spacial score (nSPS) is 39.9. The molecule has 18 heavy (non-hydrogen) atoms. The van der Waals surface area contributed by atoms with Crippen LogP contribution in [0, 0.1) is 23.7 Å². The maximum absolute atomic E-state index is 11.6. The van der Waals surface area contributed by atoms with Crippen LogP contribution < -0.4 is 0 Å². The van der Waals surface area contributed by atoms with Gasteiger partial charge in [-0.3, -0.25) is 9.59 Å². The van der Waals surface area contributed by atoms with Crippen LogP contribution in [0.4, 0.5) is 0 Å². The number of carboxylic acids is 1. The number of ether oxygens (including phenoxy) is 1. The average molecular weight is 250 g/mol. The second kappa shape index (κ2) is 4.41. The summed E-state index contributed by atoms with van der Waals surface area (Å²) in [6.07, 6.45) is 7.87. The minimum Gasteiger partial charge on any atom is -0.481 e. The molecule has 3 rings (SSSR count). The lowest BCUT2D eigenvalue weighted by molar-refractivity contribution is -0.154. The summed E-state index contributed by atoms with van der Waals surface area (Å²) in [4.78, 5) is 22.1. The smallest absolute Gasteiger partial charge is 0.306 e. The van der Waals surface area contributed by atoms with E-state index >= 15 is 0 Å². The molecule has 5 unspecified atom stereocenters. The van der Waals surface area contributed by atoms with Crippen LogP contribution in [0.5, 0.6) is 0 Å². The van der Waals surface area contributed by atoms with Crippen LogP contribution >= 0.6 is 0 Å². The Morgan fingerprint density at radius 3 is 2.67 bits per heavy atom. The van der Waals surface area contributed by atoms with Crippen LogP contribution in [0.2, 0.25) is 0 Å². The van der Waals surface area contributed by atoms with E-state index in [-0.39, 0.29) is 24.9 Å². The largest absolute Gasteiger partial charge is 0.481 e. The molecule has 0 aromatic heterocycles. The lowest BCUT2D eigenvalue weighted by Crippen LogP contribution is -2.24. The standard InChI is InChI=1S/C14H18O4/c15-12(16)6-7-13(17)18-14-10-4-5-11(14)9-3-1-2-8(9)10/h1-2,8-11,14H,3-7H2,(H,15,16). The van der Waals surface area contributed by atoms with Crippen molar-refractivity contribution in [3.8, 4) is 0 Å². The molecule has 0 aliphatic heterocycles. The maximum Gasteiger partial charge on any atom is 0.306 e. The van der Waals surface area contributed by atoms with Gasteiger partial charge >= 0.3 is 11.9 Å². The molecule has 3 aliphatic carbocycles.